The van der Waals surface area contributed by atoms with Crippen molar-refractivity contribution in [3.05, 3.63) is 28.6 Å². The summed E-state index contributed by atoms with van der Waals surface area (Å²) in [5, 5.41) is 10.2. The first kappa shape index (κ1) is 24.6. The van der Waals surface area contributed by atoms with Crippen LogP contribution in [0.2, 0.25) is 0 Å². The number of esters is 1. The van der Waals surface area contributed by atoms with Crippen molar-refractivity contribution in [2.24, 2.45) is 5.73 Å². The van der Waals surface area contributed by atoms with E-state index in [9.17, 15) is 14.9 Å². The number of hydrogen-bond donors (Lipinski definition) is 3. The third-order valence-electron chi connectivity index (χ3n) is 5.03. The van der Waals surface area contributed by atoms with Crippen LogP contribution in [0.3, 0.4) is 0 Å². The number of nitrogens with zero attached hydrogens (tertiary/aromatic N) is 2. The highest BCUT2D eigenvalue weighted by atomic mass is 32.1. The number of nitrogen functional groups attached to an aromatic ring is 2. The van der Waals surface area contributed by atoms with Crippen molar-refractivity contribution < 1.29 is 23.8 Å². The number of nitrogens with two attached hydrogens (primary N) is 3. The Morgan fingerprint density at radius 2 is 1.97 bits per heavy atom. The van der Waals surface area contributed by atoms with Gasteiger partial charge < -0.3 is 31.4 Å². The molecule has 11 heteroatoms. The molecule has 178 valence electrons. The second-order valence-corrected chi connectivity index (χ2v) is 8.22. The number of nitriles is 1. The molecule has 0 radical (unpaired) electrons. The molecule has 0 aliphatic rings. The van der Waals surface area contributed by atoms with E-state index in [1.165, 1.54) is 7.11 Å². The SMILES string of the molecule is CCOC(=O)CCCCOc1cc(-c2c(C#N)c(N)nc3sc(C(N)=O)c(N)c23)ccc1OC. The van der Waals surface area contributed by atoms with Gasteiger partial charge in [-0.25, -0.2) is 4.98 Å². The van der Waals surface area contributed by atoms with Crippen LogP contribution in [0.1, 0.15) is 41.4 Å². The summed E-state index contributed by atoms with van der Waals surface area (Å²) in [6, 6.07) is 7.22. The van der Waals surface area contributed by atoms with E-state index in [0.717, 1.165) is 11.3 Å². The molecule has 3 aromatic rings. The molecule has 0 spiro atoms. The molecule has 0 unspecified atom stereocenters. The molecule has 2 aromatic heterocycles. The monoisotopic (exact) mass is 483 g/mol. The second-order valence-electron chi connectivity index (χ2n) is 7.22. The minimum Gasteiger partial charge on any atom is -0.493 e. The Morgan fingerprint density at radius 1 is 1.21 bits per heavy atom. The number of benzene rings is 1. The van der Waals surface area contributed by atoms with Crippen molar-refractivity contribution in [3.63, 3.8) is 0 Å². The normalized spacial score (nSPS) is 10.6. The fourth-order valence-corrected chi connectivity index (χ4v) is 4.45. The summed E-state index contributed by atoms with van der Waals surface area (Å²) in [5.74, 6) is 0.00762. The lowest BCUT2D eigenvalue weighted by Crippen LogP contribution is -2.10. The van der Waals surface area contributed by atoms with E-state index in [4.69, 9.17) is 31.4 Å². The molecule has 1 aromatic carbocycles. The lowest BCUT2D eigenvalue weighted by Gasteiger charge is -2.14. The first-order chi connectivity index (χ1) is 16.3. The van der Waals surface area contributed by atoms with Crippen molar-refractivity contribution in [1.82, 2.24) is 4.98 Å². The number of pyridine rings is 1. The van der Waals surface area contributed by atoms with Crippen LogP contribution in [0.5, 0.6) is 11.5 Å². The predicted molar refractivity (Wildman–Crippen MR) is 130 cm³/mol. The summed E-state index contributed by atoms with van der Waals surface area (Å²) >= 11 is 1.02. The van der Waals surface area contributed by atoms with Gasteiger partial charge in [0.05, 0.1) is 26.0 Å². The van der Waals surface area contributed by atoms with Gasteiger partial charge in [0.25, 0.3) is 5.91 Å². The molecule has 0 aliphatic heterocycles. The van der Waals surface area contributed by atoms with Crippen molar-refractivity contribution in [3.8, 4) is 28.7 Å². The van der Waals surface area contributed by atoms with Crippen LogP contribution >= 0.6 is 11.3 Å². The Bertz CT molecular complexity index is 1280. The largest absolute Gasteiger partial charge is 0.493 e. The van der Waals surface area contributed by atoms with Gasteiger partial charge in [-0.05, 0) is 37.5 Å². The Hall–Kier alpha value is -4.04. The summed E-state index contributed by atoms with van der Waals surface area (Å²) in [5.41, 5.74) is 19.0. The summed E-state index contributed by atoms with van der Waals surface area (Å²) in [7, 11) is 1.52. The first-order valence-corrected chi connectivity index (χ1v) is 11.3. The number of hydrogen-bond acceptors (Lipinski definition) is 10. The maximum Gasteiger partial charge on any atom is 0.305 e. The van der Waals surface area contributed by atoms with Gasteiger partial charge in [-0.3, -0.25) is 9.59 Å². The number of aromatic nitrogens is 1. The van der Waals surface area contributed by atoms with E-state index in [1.54, 1.807) is 25.1 Å². The van der Waals surface area contributed by atoms with Gasteiger partial charge in [-0.2, -0.15) is 5.26 Å². The number of carbonyl (C=O) groups is 2. The van der Waals surface area contributed by atoms with Gasteiger partial charge >= 0.3 is 5.97 Å². The molecule has 0 saturated heterocycles. The smallest absolute Gasteiger partial charge is 0.305 e. The minimum atomic E-state index is -0.690. The van der Waals surface area contributed by atoms with E-state index in [2.05, 4.69) is 11.1 Å². The quantitative estimate of drug-likeness (QED) is 0.288. The Balaban J connectivity index is 1.98. The van der Waals surface area contributed by atoms with Crippen LogP contribution in [0, 0.1) is 11.3 Å². The van der Waals surface area contributed by atoms with E-state index >= 15 is 0 Å². The van der Waals surface area contributed by atoms with Crippen molar-refractivity contribution in [1.29, 1.82) is 5.26 Å². The first-order valence-electron chi connectivity index (χ1n) is 10.5. The van der Waals surface area contributed by atoms with E-state index < -0.39 is 5.91 Å². The number of primary amides is 1. The van der Waals surface area contributed by atoms with Crippen LogP contribution in [0.15, 0.2) is 18.2 Å². The van der Waals surface area contributed by atoms with Gasteiger partial charge in [0.15, 0.2) is 11.5 Å². The zero-order chi connectivity index (χ0) is 24.8. The molecule has 10 nitrogen and oxygen atoms in total. The summed E-state index contributed by atoms with van der Waals surface area (Å²) in [6.45, 7) is 2.46. The van der Waals surface area contributed by atoms with Gasteiger partial charge in [0, 0.05) is 17.4 Å². The van der Waals surface area contributed by atoms with Crippen molar-refractivity contribution >= 4 is 44.9 Å². The molecule has 6 N–H and O–H groups in total. The number of rotatable bonds is 10. The van der Waals surface area contributed by atoms with Gasteiger partial charge in [0.2, 0.25) is 0 Å². The van der Waals surface area contributed by atoms with Crippen molar-refractivity contribution in [2.45, 2.75) is 26.2 Å². The third kappa shape index (κ3) is 4.97. The average molecular weight is 484 g/mol. The summed E-state index contributed by atoms with van der Waals surface area (Å²) < 4.78 is 16.2. The molecule has 3 rings (SSSR count). The molecule has 0 saturated carbocycles. The van der Waals surface area contributed by atoms with E-state index in [1.807, 2.05) is 0 Å². The zero-order valence-electron chi connectivity index (χ0n) is 18.8. The Labute approximate surface area is 200 Å². The topological polar surface area (TPSA) is 177 Å². The second kappa shape index (κ2) is 10.7. The van der Waals surface area contributed by atoms with E-state index in [-0.39, 0.29) is 27.9 Å². The third-order valence-corrected chi connectivity index (χ3v) is 6.14. The fraction of sp³-hybridized carbons (Fsp3) is 0.304. The predicted octanol–water partition coefficient (Wildman–Crippen LogP) is 3.22. The summed E-state index contributed by atoms with van der Waals surface area (Å²) in [4.78, 5) is 28.1. The fourth-order valence-electron chi connectivity index (χ4n) is 3.49. The average Bonchev–Trinajstić information content (AvgIpc) is 3.14. The molecular weight excluding hydrogens is 458 g/mol. The highest BCUT2D eigenvalue weighted by Gasteiger charge is 2.24. The molecule has 0 aliphatic carbocycles. The number of thiophene rings is 1. The molecule has 2 heterocycles. The lowest BCUT2D eigenvalue weighted by atomic mass is 9.97. The van der Waals surface area contributed by atoms with Crippen LogP contribution in [0.4, 0.5) is 11.5 Å². The highest BCUT2D eigenvalue weighted by molar-refractivity contribution is 7.21. The Morgan fingerprint density at radius 3 is 2.62 bits per heavy atom. The zero-order valence-corrected chi connectivity index (χ0v) is 19.7. The number of anilines is 2. The van der Waals surface area contributed by atoms with E-state index in [0.29, 0.717) is 65.3 Å². The van der Waals surface area contributed by atoms with Crippen LogP contribution in [0.25, 0.3) is 21.3 Å². The summed E-state index contributed by atoms with van der Waals surface area (Å²) in [6.07, 6.45) is 1.55. The maximum atomic E-state index is 11.8. The van der Waals surface area contributed by atoms with Crippen LogP contribution in [-0.2, 0) is 9.53 Å². The number of methoxy groups -OCH3 is 1. The molecule has 0 fully saturated rings. The number of amides is 1. The Kier molecular flexibility index (Phi) is 7.75. The molecule has 1 amide bonds. The maximum absolute atomic E-state index is 11.8. The lowest BCUT2D eigenvalue weighted by molar-refractivity contribution is -0.143. The number of carbonyl (C=O) groups excluding carboxylic acids is 2. The van der Waals surface area contributed by atoms with Gasteiger partial charge in [0.1, 0.15) is 27.2 Å². The standard InChI is InChI=1S/C23H25N5O5S/c1-3-32-16(29)6-4-5-9-33-15-10-12(7-8-14(15)31-2)17-13(11-24)21(26)28-23-18(17)19(25)20(34-23)22(27)30/h7-8,10H,3-6,9,25H2,1-2H3,(H2,26,28)(H2,27,30). The highest BCUT2D eigenvalue weighted by Crippen LogP contribution is 2.44. The molecular formula is C23H25N5O5S. The molecule has 0 atom stereocenters. The van der Waals surface area contributed by atoms with Crippen LogP contribution in [-0.4, -0.2) is 37.2 Å². The number of ether oxygens (including phenoxy) is 3. The van der Waals surface area contributed by atoms with Crippen molar-refractivity contribution in [2.75, 3.05) is 31.8 Å². The molecule has 0 bridgehead atoms. The van der Waals surface area contributed by atoms with Gasteiger partial charge in [-0.1, -0.05) is 6.07 Å². The number of fused-ring (bicyclic) bond motifs is 1. The molecule has 34 heavy (non-hydrogen) atoms. The number of unbranched alkanes of at least 4 members (excludes halogenated alkanes) is 1. The van der Waals surface area contributed by atoms with Gasteiger partial charge in [-0.15, -0.1) is 11.3 Å². The van der Waals surface area contributed by atoms with Crippen LogP contribution < -0.4 is 26.7 Å². The minimum absolute atomic E-state index is 0.0134.